The van der Waals surface area contributed by atoms with Crippen molar-refractivity contribution in [3.63, 3.8) is 0 Å². The van der Waals surface area contributed by atoms with Gasteiger partial charge in [-0.15, -0.1) is 11.3 Å². The Morgan fingerprint density at radius 1 is 1.59 bits per heavy atom. The second-order valence-corrected chi connectivity index (χ2v) is 7.85. The zero-order valence-corrected chi connectivity index (χ0v) is 14.3. The van der Waals surface area contributed by atoms with Crippen LogP contribution in [0.15, 0.2) is 17.6 Å². The van der Waals surface area contributed by atoms with Gasteiger partial charge in [-0.2, -0.15) is 11.8 Å². The molecule has 1 aliphatic heterocycles. The summed E-state index contributed by atoms with van der Waals surface area (Å²) in [5, 5.41) is 16.1. The van der Waals surface area contributed by atoms with E-state index in [-0.39, 0.29) is 5.91 Å². The Hall–Kier alpha value is -1.31. The van der Waals surface area contributed by atoms with Gasteiger partial charge in [0.05, 0.1) is 16.3 Å². The summed E-state index contributed by atoms with van der Waals surface area (Å²) in [5.41, 5.74) is 1.64. The van der Waals surface area contributed by atoms with Crippen LogP contribution < -0.4 is 5.32 Å². The van der Waals surface area contributed by atoms with Crippen molar-refractivity contribution in [3.05, 3.63) is 28.3 Å². The number of nitrogens with zero attached hydrogens (tertiary/aromatic N) is 2. The maximum atomic E-state index is 12.3. The summed E-state index contributed by atoms with van der Waals surface area (Å²) in [6.45, 7) is 2.26. The molecule has 0 radical (unpaired) electrons. The van der Waals surface area contributed by atoms with Gasteiger partial charge in [0.25, 0.3) is 5.91 Å². The summed E-state index contributed by atoms with van der Waals surface area (Å²) in [4.78, 5) is 16.8. The van der Waals surface area contributed by atoms with E-state index in [1.807, 2.05) is 31.6 Å². The topological polar surface area (TPSA) is 67.2 Å². The Labute approximate surface area is 137 Å². The van der Waals surface area contributed by atoms with E-state index in [1.165, 1.54) is 0 Å². The average Bonchev–Trinajstić information content (AvgIpc) is 3.17. The lowest BCUT2D eigenvalue weighted by Crippen LogP contribution is -2.43. The molecule has 7 heteroatoms. The van der Waals surface area contributed by atoms with Crippen molar-refractivity contribution in [2.24, 2.45) is 7.05 Å². The first kappa shape index (κ1) is 15.6. The first-order valence-electron chi connectivity index (χ1n) is 7.14. The van der Waals surface area contributed by atoms with Gasteiger partial charge in [-0.25, -0.2) is 4.98 Å². The molecule has 1 amide bonds. The summed E-state index contributed by atoms with van der Waals surface area (Å²) >= 11 is 3.31. The molecule has 2 aromatic heterocycles. The first-order chi connectivity index (χ1) is 10.5. The Morgan fingerprint density at radius 2 is 2.41 bits per heavy atom. The van der Waals surface area contributed by atoms with E-state index in [2.05, 4.69) is 10.3 Å². The van der Waals surface area contributed by atoms with E-state index >= 15 is 0 Å². The highest BCUT2D eigenvalue weighted by atomic mass is 32.2. The third-order valence-electron chi connectivity index (χ3n) is 3.81. The van der Waals surface area contributed by atoms with Gasteiger partial charge in [-0.3, -0.25) is 4.79 Å². The lowest BCUT2D eigenvalue weighted by atomic mass is 10.0. The molecule has 1 atom stereocenters. The number of carbonyl (C=O) groups excluding carboxylic acids is 1. The molecule has 5 nitrogen and oxygen atoms in total. The molecular weight excluding hydrogens is 318 g/mol. The van der Waals surface area contributed by atoms with Crippen LogP contribution in [0.2, 0.25) is 0 Å². The second kappa shape index (κ2) is 6.06. The fraction of sp³-hybridized carbons (Fsp3) is 0.467. The van der Waals surface area contributed by atoms with Crippen LogP contribution in [0.1, 0.15) is 21.9 Å². The SMILES string of the molecule is Cc1nc(-c2cc(C(=O)NCC3(O)CCSC3)n(C)c2)cs1. The smallest absolute Gasteiger partial charge is 0.268 e. The van der Waals surface area contributed by atoms with Crippen molar-refractivity contribution in [2.75, 3.05) is 18.1 Å². The van der Waals surface area contributed by atoms with Crippen LogP contribution in [0.25, 0.3) is 11.3 Å². The quantitative estimate of drug-likeness (QED) is 0.896. The Bertz CT molecular complexity index is 687. The Balaban J connectivity index is 1.71. The van der Waals surface area contributed by atoms with Gasteiger partial charge < -0.3 is 15.0 Å². The van der Waals surface area contributed by atoms with Crippen molar-refractivity contribution >= 4 is 29.0 Å². The highest BCUT2D eigenvalue weighted by molar-refractivity contribution is 7.99. The molecule has 2 aromatic rings. The van der Waals surface area contributed by atoms with Gasteiger partial charge in [0.1, 0.15) is 5.69 Å². The lowest BCUT2D eigenvalue weighted by Gasteiger charge is -2.21. The van der Waals surface area contributed by atoms with Crippen LogP contribution in [0.5, 0.6) is 0 Å². The summed E-state index contributed by atoms with van der Waals surface area (Å²) in [7, 11) is 1.85. The molecule has 1 unspecified atom stereocenters. The highest BCUT2D eigenvalue weighted by Crippen LogP contribution is 2.27. The summed E-state index contributed by atoms with van der Waals surface area (Å²) in [6.07, 6.45) is 2.64. The predicted molar refractivity (Wildman–Crippen MR) is 90.5 cm³/mol. The second-order valence-electron chi connectivity index (χ2n) is 5.69. The largest absolute Gasteiger partial charge is 0.387 e. The van der Waals surface area contributed by atoms with Gasteiger partial charge in [-0.1, -0.05) is 0 Å². The molecule has 0 aromatic carbocycles. The average molecular weight is 337 g/mol. The van der Waals surface area contributed by atoms with Gasteiger partial charge in [-0.05, 0) is 25.2 Å². The zero-order valence-electron chi connectivity index (χ0n) is 12.6. The summed E-state index contributed by atoms with van der Waals surface area (Å²) in [6, 6.07) is 1.84. The standard InChI is InChI=1S/C15H19N3O2S2/c1-10-17-12(7-22-10)11-5-13(18(2)6-11)14(19)16-8-15(20)3-4-21-9-15/h5-7,20H,3-4,8-9H2,1-2H3,(H,16,19). The molecule has 3 heterocycles. The number of aromatic nitrogens is 2. The minimum Gasteiger partial charge on any atom is -0.387 e. The Morgan fingerprint density at radius 3 is 3.05 bits per heavy atom. The third kappa shape index (κ3) is 3.21. The third-order valence-corrected chi connectivity index (χ3v) is 5.82. The van der Waals surface area contributed by atoms with E-state index in [0.717, 1.165) is 28.4 Å². The van der Waals surface area contributed by atoms with Crippen molar-refractivity contribution in [1.29, 1.82) is 0 Å². The van der Waals surface area contributed by atoms with Gasteiger partial charge in [0.2, 0.25) is 0 Å². The maximum absolute atomic E-state index is 12.3. The summed E-state index contributed by atoms with van der Waals surface area (Å²) in [5.74, 6) is 1.47. The number of hydrogen-bond donors (Lipinski definition) is 2. The van der Waals surface area contributed by atoms with E-state index in [1.54, 1.807) is 27.7 Å². The lowest BCUT2D eigenvalue weighted by molar-refractivity contribution is 0.0609. The van der Waals surface area contributed by atoms with Gasteiger partial charge in [0, 0.05) is 36.5 Å². The van der Waals surface area contributed by atoms with Crippen LogP contribution in [0.4, 0.5) is 0 Å². The highest BCUT2D eigenvalue weighted by Gasteiger charge is 2.32. The number of nitrogens with one attached hydrogen (secondary N) is 1. The number of aliphatic hydroxyl groups is 1. The molecule has 3 rings (SSSR count). The molecule has 2 N–H and O–H groups in total. The molecule has 0 spiro atoms. The number of carbonyl (C=O) groups is 1. The minimum atomic E-state index is -0.764. The number of amides is 1. The Kier molecular flexibility index (Phi) is 4.29. The minimum absolute atomic E-state index is 0.161. The molecule has 1 saturated heterocycles. The fourth-order valence-corrected chi connectivity index (χ4v) is 4.41. The monoisotopic (exact) mass is 337 g/mol. The number of hydrogen-bond acceptors (Lipinski definition) is 5. The van der Waals surface area contributed by atoms with Crippen LogP contribution in [-0.4, -0.2) is 44.2 Å². The van der Waals surface area contributed by atoms with Crippen LogP contribution in [0.3, 0.4) is 0 Å². The van der Waals surface area contributed by atoms with Crippen LogP contribution >= 0.6 is 23.1 Å². The van der Waals surface area contributed by atoms with E-state index in [4.69, 9.17) is 0 Å². The summed E-state index contributed by atoms with van der Waals surface area (Å²) < 4.78 is 1.80. The van der Waals surface area contributed by atoms with Crippen molar-refractivity contribution in [1.82, 2.24) is 14.9 Å². The molecule has 0 saturated carbocycles. The van der Waals surface area contributed by atoms with Crippen LogP contribution in [-0.2, 0) is 7.05 Å². The molecule has 118 valence electrons. The van der Waals surface area contributed by atoms with Gasteiger partial charge >= 0.3 is 0 Å². The van der Waals surface area contributed by atoms with E-state index in [9.17, 15) is 9.90 Å². The van der Waals surface area contributed by atoms with Crippen molar-refractivity contribution in [2.45, 2.75) is 18.9 Å². The number of aryl methyl sites for hydroxylation is 2. The maximum Gasteiger partial charge on any atom is 0.268 e. The molecule has 1 fully saturated rings. The molecule has 0 aliphatic carbocycles. The van der Waals surface area contributed by atoms with Gasteiger partial charge in [0.15, 0.2) is 0 Å². The predicted octanol–water partition coefficient (Wildman–Crippen LogP) is 2.05. The zero-order chi connectivity index (χ0) is 15.7. The number of thiazole rings is 1. The number of thioether (sulfide) groups is 1. The normalized spacial score (nSPS) is 21.2. The van der Waals surface area contributed by atoms with E-state index in [0.29, 0.717) is 18.0 Å². The van der Waals surface area contributed by atoms with E-state index < -0.39 is 5.60 Å². The van der Waals surface area contributed by atoms with Crippen LogP contribution in [0, 0.1) is 6.92 Å². The number of rotatable bonds is 4. The molecule has 1 aliphatic rings. The molecule has 22 heavy (non-hydrogen) atoms. The fourth-order valence-electron chi connectivity index (χ4n) is 2.50. The van der Waals surface area contributed by atoms with Crippen molar-refractivity contribution < 1.29 is 9.90 Å². The first-order valence-corrected chi connectivity index (χ1v) is 9.17. The molecule has 0 bridgehead atoms. The molecular formula is C15H19N3O2S2. The van der Waals surface area contributed by atoms with Crippen molar-refractivity contribution in [3.8, 4) is 11.3 Å².